The molecule has 0 saturated carbocycles. The fourth-order valence-electron chi connectivity index (χ4n) is 4.16. The second-order valence-corrected chi connectivity index (χ2v) is 7.59. The first-order valence-corrected chi connectivity index (χ1v) is 10.3. The fourth-order valence-corrected chi connectivity index (χ4v) is 4.16. The minimum absolute atomic E-state index is 0.0117. The van der Waals surface area contributed by atoms with Crippen molar-refractivity contribution in [2.45, 2.75) is 65.3 Å². The third kappa shape index (κ3) is 4.10. The molecular formula is C20H32N4O2. The first-order valence-electron chi connectivity index (χ1n) is 10.3. The highest BCUT2D eigenvalue weighted by molar-refractivity contribution is 5.92. The van der Waals surface area contributed by atoms with E-state index in [9.17, 15) is 9.59 Å². The highest BCUT2D eigenvalue weighted by atomic mass is 16.2. The van der Waals surface area contributed by atoms with Crippen molar-refractivity contribution in [1.29, 1.82) is 0 Å². The van der Waals surface area contributed by atoms with Crippen molar-refractivity contribution in [1.82, 2.24) is 19.6 Å². The average molecular weight is 361 g/mol. The summed E-state index contributed by atoms with van der Waals surface area (Å²) in [7, 11) is 0. The Morgan fingerprint density at radius 1 is 1.00 bits per heavy atom. The molecule has 0 bridgehead atoms. The summed E-state index contributed by atoms with van der Waals surface area (Å²) >= 11 is 0. The zero-order chi connectivity index (χ0) is 18.5. The van der Waals surface area contributed by atoms with Crippen molar-refractivity contribution in [2.24, 2.45) is 5.92 Å². The molecule has 1 aromatic rings. The van der Waals surface area contributed by atoms with E-state index in [0.29, 0.717) is 31.9 Å². The first kappa shape index (κ1) is 18.9. The van der Waals surface area contributed by atoms with E-state index in [2.05, 4.69) is 18.9 Å². The van der Waals surface area contributed by atoms with Crippen LogP contribution in [0.3, 0.4) is 0 Å². The molecule has 1 saturated heterocycles. The number of carbonyl (C=O) groups excluding carboxylic acids is 2. The van der Waals surface area contributed by atoms with Crippen LogP contribution >= 0.6 is 0 Å². The molecule has 0 atom stereocenters. The smallest absolute Gasteiger partial charge is 0.274 e. The van der Waals surface area contributed by atoms with Crippen molar-refractivity contribution in [3.63, 3.8) is 0 Å². The van der Waals surface area contributed by atoms with Crippen molar-refractivity contribution in [2.75, 3.05) is 26.2 Å². The van der Waals surface area contributed by atoms with Gasteiger partial charge in [0.1, 0.15) is 0 Å². The van der Waals surface area contributed by atoms with Crippen LogP contribution in [0.1, 0.15) is 68.6 Å². The normalized spacial score (nSPS) is 17.5. The van der Waals surface area contributed by atoms with E-state index in [4.69, 9.17) is 0 Å². The van der Waals surface area contributed by atoms with Crippen LogP contribution in [0.5, 0.6) is 0 Å². The SMILES string of the molecule is CCCC(CCC)C(=O)N1CCN(C(=O)c2cc3n(n2)CCCC3)CC1. The van der Waals surface area contributed by atoms with Gasteiger partial charge in [0.25, 0.3) is 5.91 Å². The Bertz CT molecular complexity index is 602. The summed E-state index contributed by atoms with van der Waals surface area (Å²) in [4.78, 5) is 29.4. The zero-order valence-corrected chi connectivity index (χ0v) is 16.2. The summed E-state index contributed by atoms with van der Waals surface area (Å²) in [5, 5.41) is 4.50. The third-order valence-electron chi connectivity index (χ3n) is 5.64. The molecule has 3 rings (SSSR count). The Balaban J connectivity index is 1.56. The van der Waals surface area contributed by atoms with Gasteiger partial charge < -0.3 is 9.80 Å². The Labute approximate surface area is 156 Å². The molecule has 0 radical (unpaired) electrons. The van der Waals surface area contributed by atoms with Gasteiger partial charge in [-0.2, -0.15) is 5.10 Å². The lowest BCUT2D eigenvalue weighted by atomic mass is 9.96. The molecule has 0 unspecified atom stereocenters. The molecule has 1 aromatic heterocycles. The van der Waals surface area contributed by atoms with Crippen LogP contribution in [0.15, 0.2) is 6.07 Å². The highest BCUT2D eigenvalue weighted by Crippen LogP contribution is 2.20. The van der Waals surface area contributed by atoms with Gasteiger partial charge in [0, 0.05) is 44.3 Å². The number of piperazine rings is 1. The molecule has 0 N–H and O–H groups in total. The Morgan fingerprint density at radius 3 is 2.27 bits per heavy atom. The van der Waals surface area contributed by atoms with Crippen LogP contribution in [0.25, 0.3) is 0 Å². The second kappa shape index (κ2) is 8.69. The molecule has 2 aliphatic heterocycles. The topological polar surface area (TPSA) is 58.4 Å². The maximum atomic E-state index is 12.8. The predicted octanol–water partition coefficient (Wildman–Crippen LogP) is 2.72. The van der Waals surface area contributed by atoms with Crippen molar-refractivity contribution in [3.05, 3.63) is 17.5 Å². The number of hydrogen-bond donors (Lipinski definition) is 0. The van der Waals surface area contributed by atoms with Crippen LogP contribution < -0.4 is 0 Å². The van der Waals surface area contributed by atoms with Crippen LogP contribution in [0.2, 0.25) is 0 Å². The van der Waals surface area contributed by atoms with Crippen LogP contribution in [-0.4, -0.2) is 57.6 Å². The van der Waals surface area contributed by atoms with Gasteiger partial charge in [-0.25, -0.2) is 0 Å². The van der Waals surface area contributed by atoms with Crippen molar-refractivity contribution in [3.8, 4) is 0 Å². The molecular weight excluding hydrogens is 328 g/mol. The van der Waals surface area contributed by atoms with Gasteiger partial charge in [-0.1, -0.05) is 26.7 Å². The summed E-state index contributed by atoms with van der Waals surface area (Å²) in [5.74, 6) is 0.433. The van der Waals surface area contributed by atoms with Crippen molar-refractivity contribution >= 4 is 11.8 Å². The maximum absolute atomic E-state index is 12.8. The summed E-state index contributed by atoms with van der Waals surface area (Å²) in [5.41, 5.74) is 1.74. The molecule has 1 fully saturated rings. The minimum atomic E-state index is 0.0117. The Kier molecular flexibility index (Phi) is 6.33. The molecule has 2 aliphatic rings. The zero-order valence-electron chi connectivity index (χ0n) is 16.2. The first-order chi connectivity index (χ1) is 12.6. The Morgan fingerprint density at radius 2 is 1.65 bits per heavy atom. The molecule has 0 spiro atoms. The summed E-state index contributed by atoms with van der Waals surface area (Å²) in [6, 6.07) is 1.96. The summed E-state index contributed by atoms with van der Waals surface area (Å²) in [6.07, 6.45) is 7.34. The van der Waals surface area contributed by atoms with Crippen molar-refractivity contribution < 1.29 is 9.59 Å². The number of aromatic nitrogens is 2. The fraction of sp³-hybridized carbons (Fsp3) is 0.750. The molecule has 0 aliphatic carbocycles. The molecule has 144 valence electrons. The third-order valence-corrected chi connectivity index (χ3v) is 5.64. The standard InChI is InChI=1S/C20H32N4O2/c1-3-7-16(8-4-2)19(25)22-11-13-23(14-12-22)20(26)18-15-17-9-5-6-10-24(17)21-18/h15-16H,3-14H2,1-2H3. The van der Waals surface area contributed by atoms with E-state index in [1.54, 1.807) is 0 Å². The number of carbonyl (C=O) groups is 2. The van der Waals surface area contributed by atoms with E-state index in [-0.39, 0.29) is 17.7 Å². The molecule has 26 heavy (non-hydrogen) atoms. The van der Waals surface area contributed by atoms with Gasteiger partial charge in [0.05, 0.1) is 0 Å². The highest BCUT2D eigenvalue weighted by Gasteiger charge is 2.29. The Hall–Kier alpha value is -1.85. The number of nitrogens with zero attached hydrogens (tertiary/aromatic N) is 4. The lowest BCUT2D eigenvalue weighted by Gasteiger charge is -2.36. The lowest BCUT2D eigenvalue weighted by Crippen LogP contribution is -2.52. The monoisotopic (exact) mass is 360 g/mol. The van der Waals surface area contributed by atoms with E-state index in [0.717, 1.165) is 45.1 Å². The largest absolute Gasteiger partial charge is 0.339 e. The molecule has 0 aromatic carbocycles. The number of aryl methyl sites for hydroxylation is 2. The number of rotatable bonds is 6. The van der Waals surface area contributed by atoms with E-state index >= 15 is 0 Å². The average Bonchev–Trinajstić information content (AvgIpc) is 3.11. The number of hydrogen-bond acceptors (Lipinski definition) is 3. The van der Waals surface area contributed by atoms with E-state index in [1.807, 2.05) is 20.5 Å². The van der Waals surface area contributed by atoms with Gasteiger partial charge in [0.15, 0.2) is 5.69 Å². The maximum Gasteiger partial charge on any atom is 0.274 e. The molecule has 6 heteroatoms. The molecule has 3 heterocycles. The summed E-state index contributed by atoms with van der Waals surface area (Å²) < 4.78 is 1.98. The van der Waals surface area contributed by atoms with Crippen LogP contribution in [-0.2, 0) is 17.8 Å². The van der Waals surface area contributed by atoms with Gasteiger partial charge in [0.2, 0.25) is 5.91 Å². The van der Waals surface area contributed by atoms with Gasteiger partial charge in [-0.05, 0) is 38.2 Å². The van der Waals surface area contributed by atoms with Crippen LogP contribution in [0.4, 0.5) is 0 Å². The second-order valence-electron chi connectivity index (χ2n) is 7.59. The summed E-state index contributed by atoms with van der Waals surface area (Å²) in [6.45, 7) is 7.69. The van der Waals surface area contributed by atoms with Gasteiger partial charge in [-0.15, -0.1) is 0 Å². The number of amides is 2. The minimum Gasteiger partial charge on any atom is -0.339 e. The van der Waals surface area contributed by atoms with E-state index in [1.165, 1.54) is 12.1 Å². The van der Waals surface area contributed by atoms with Gasteiger partial charge >= 0.3 is 0 Å². The van der Waals surface area contributed by atoms with Gasteiger partial charge in [-0.3, -0.25) is 14.3 Å². The lowest BCUT2D eigenvalue weighted by molar-refractivity contribution is -0.137. The predicted molar refractivity (Wildman–Crippen MR) is 101 cm³/mol. The van der Waals surface area contributed by atoms with E-state index < -0.39 is 0 Å². The number of fused-ring (bicyclic) bond motifs is 1. The molecule has 6 nitrogen and oxygen atoms in total. The van der Waals surface area contributed by atoms with Crippen LogP contribution in [0, 0.1) is 5.92 Å². The molecule has 2 amide bonds. The quantitative estimate of drug-likeness (QED) is 0.784.